The molecule has 0 aliphatic heterocycles. The lowest BCUT2D eigenvalue weighted by molar-refractivity contribution is 0.742. The number of nitrogens with one attached hydrogen (secondary N) is 1. The van der Waals surface area contributed by atoms with Gasteiger partial charge in [-0.3, -0.25) is 0 Å². The predicted molar refractivity (Wildman–Crippen MR) is 64.5 cm³/mol. The minimum Gasteiger partial charge on any atom is -0.370 e. The molecule has 0 atom stereocenters. The van der Waals surface area contributed by atoms with Crippen molar-refractivity contribution < 1.29 is 0 Å². The quantitative estimate of drug-likeness (QED) is 0.850. The minimum absolute atomic E-state index is 0.769. The van der Waals surface area contributed by atoms with Gasteiger partial charge in [-0.25, -0.2) is 9.97 Å². The van der Waals surface area contributed by atoms with Crippen LogP contribution in [0.25, 0.3) is 0 Å². The van der Waals surface area contributed by atoms with Crippen molar-refractivity contribution in [1.29, 1.82) is 0 Å². The molecule has 0 fully saturated rings. The molecule has 1 N–H and O–H groups in total. The highest BCUT2D eigenvalue weighted by Gasteiger charge is 2.00. The van der Waals surface area contributed by atoms with Crippen molar-refractivity contribution in [3.63, 3.8) is 0 Å². The summed E-state index contributed by atoms with van der Waals surface area (Å²) >= 11 is 0. The first kappa shape index (κ1) is 10.7. The Morgan fingerprint density at radius 2 is 2.25 bits per heavy atom. The third-order valence-corrected chi connectivity index (χ3v) is 2.42. The van der Waals surface area contributed by atoms with Gasteiger partial charge in [0.25, 0.3) is 0 Å². The average molecular weight is 216 g/mol. The van der Waals surface area contributed by atoms with Crippen LogP contribution in [0.15, 0.2) is 30.6 Å². The van der Waals surface area contributed by atoms with Crippen molar-refractivity contribution in [2.75, 3.05) is 11.9 Å². The van der Waals surface area contributed by atoms with Gasteiger partial charge in [0.15, 0.2) is 0 Å². The topological polar surface area (TPSA) is 42.7 Å². The largest absolute Gasteiger partial charge is 0.370 e. The monoisotopic (exact) mass is 216 g/mol. The van der Waals surface area contributed by atoms with Gasteiger partial charge < -0.3 is 9.88 Å². The highest BCUT2D eigenvalue weighted by molar-refractivity contribution is 5.35. The molecule has 16 heavy (non-hydrogen) atoms. The van der Waals surface area contributed by atoms with Crippen LogP contribution in [0.3, 0.4) is 0 Å². The molecular formula is C12H16N4. The maximum atomic E-state index is 4.52. The molecule has 0 radical (unpaired) electrons. The van der Waals surface area contributed by atoms with E-state index in [2.05, 4.69) is 26.8 Å². The molecule has 2 heterocycles. The first-order valence-electron chi connectivity index (χ1n) is 5.47. The number of pyridine rings is 1. The fourth-order valence-corrected chi connectivity index (χ4v) is 1.59. The van der Waals surface area contributed by atoms with Crippen molar-refractivity contribution in [2.45, 2.75) is 20.4 Å². The van der Waals surface area contributed by atoms with E-state index in [1.54, 1.807) is 0 Å². The number of imidazole rings is 1. The molecule has 0 saturated carbocycles. The van der Waals surface area contributed by atoms with Crippen molar-refractivity contribution >= 4 is 5.82 Å². The molecule has 0 unspecified atom stereocenters. The first-order chi connectivity index (χ1) is 7.79. The van der Waals surface area contributed by atoms with E-state index in [0.29, 0.717) is 0 Å². The summed E-state index contributed by atoms with van der Waals surface area (Å²) in [6.07, 6.45) is 3.78. The van der Waals surface area contributed by atoms with Gasteiger partial charge in [-0.2, -0.15) is 0 Å². The van der Waals surface area contributed by atoms with E-state index in [-0.39, 0.29) is 0 Å². The lowest BCUT2D eigenvalue weighted by Crippen LogP contribution is -2.05. The van der Waals surface area contributed by atoms with Gasteiger partial charge in [0.2, 0.25) is 0 Å². The van der Waals surface area contributed by atoms with E-state index in [1.165, 1.54) is 0 Å². The molecule has 2 aromatic heterocycles. The molecule has 0 saturated heterocycles. The number of nitrogens with zero attached hydrogens (tertiary/aromatic N) is 3. The number of rotatable bonds is 4. The standard InChI is InChI=1S/C12H16N4/c1-3-13-12-6-4-5-11(15-12)9-16-8-7-14-10(16)2/h4-8H,3,9H2,1-2H3,(H,13,15). The second-order valence-corrected chi connectivity index (χ2v) is 3.65. The molecule has 0 bridgehead atoms. The van der Waals surface area contributed by atoms with E-state index in [9.17, 15) is 0 Å². The Balaban J connectivity index is 2.15. The molecule has 0 aliphatic carbocycles. The Labute approximate surface area is 95.4 Å². The minimum atomic E-state index is 0.769. The molecule has 0 spiro atoms. The molecule has 2 rings (SSSR count). The Kier molecular flexibility index (Phi) is 3.19. The van der Waals surface area contributed by atoms with Crippen LogP contribution in [-0.4, -0.2) is 21.1 Å². The van der Waals surface area contributed by atoms with Gasteiger partial charge in [0.1, 0.15) is 11.6 Å². The van der Waals surface area contributed by atoms with Gasteiger partial charge in [-0.1, -0.05) is 6.07 Å². The smallest absolute Gasteiger partial charge is 0.126 e. The molecule has 4 heteroatoms. The van der Waals surface area contributed by atoms with Crippen LogP contribution >= 0.6 is 0 Å². The predicted octanol–water partition coefficient (Wildman–Crippen LogP) is 2.07. The van der Waals surface area contributed by atoms with Crippen molar-refractivity contribution in [2.24, 2.45) is 0 Å². The molecule has 0 aliphatic rings. The van der Waals surface area contributed by atoms with Crippen molar-refractivity contribution in [1.82, 2.24) is 14.5 Å². The summed E-state index contributed by atoms with van der Waals surface area (Å²) in [6.45, 7) is 5.72. The van der Waals surface area contributed by atoms with E-state index in [0.717, 1.165) is 30.4 Å². The summed E-state index contributed by atoms with van der Waals surface area (Å²) in [4.78, 5) is 8.71. The van der Waals surface area contributed by atoms with Crippen molar-refractivity contribution in [3.8, 4) is 0 Å². The fourth-order valence-electron chi connectivity index (χ4n) is 1.59. The fraction of sp³-hybridized carbons (Fsp3) is 0.333. The normalized spacial score (nSPS) is 10.4. The second kappa shape index (κ2) is 4.79. The molecule has 4 nitrogen and oxygen atoms in total. The van der Waals surface area contributed by atoms with Crippen LogP contribution in [0.5, 0.6) is 0 Å². The van der Waals surface area contributed by atoms with Crippen LogP contribution in [0, 0.1) is 6.92 Å². The summed E-state index contributed by atoms with van der Waals surface area (Å²) in [5, 5.41) is 3.21. The Morgan fingerprint density at radius 3 is 2.94 bits per heavy atom. The van der Waals surface area contributed by atoms with Crippen LogP contribution in [0.2, 0.25) is 0 Å². The molecule has 84 valence electrons. The number of aromatic nitrogens is 3. The highest BCUT2D eigenvalue weighted by Crippen LogP contribution is 2.07. The second-order valence-electron chi connectivity index (χ2n) is 3.65. The molecular weight excluding hydrogens is 200 g/mol. The van der Waals surface area contributed by atoms with E-state index >= 15 is 0 Å². The summed E-state index contributed by atoms with van der Waals surface area (Å²) in [6, 6.07) is 6.03. The molecule has 0 amide bonds. The van der Waals surface area contributed by atoms with Gasteiger partial charge in [-0.05, 0) is 26.0 Å². The number of hydrogen-bond acceptors (Lipinski definition) is 3. The van der Waals surface area contributed by atoms with Crippen LogP contribution in [0.4, 0.5) is 5.82 Å². The van der Waals surface area contributed by atoms with Gasteiger partial charge in [0, 0.05) is 18.9 Å². The zero-order valence-electron chi connectivity index (χ0n) is 9.64. The third kappa shape index (κ3) is 2.39. The average Bonchev–Trinajstić information content (AvgIpc) is 2.66. The van der Waals surface area contributed by atoms with E-state index in [4.69, 9.17) is 0 Å². The van der Waals surface area contributed by atoms with Gasteiger partial charge >= 0.3 is 0 Å². The maximum absolute atomic E-state index is 4.52. The van der Waals surface area contributed by atoms with E-state index in [1.807, 2.05) is 37.5 Å². The lowest BCUT2D eigenvalue weighted by Gasteiger charge is -2.07. The summed E-state index contributed by atoms with van der Waals surface area (Å²) in [5.41, 5.74) is 1.04. The van der Waals surface area contributed by atoms with Gasteiger partial charge in [-0.15, -0.1) is 0 Å². The van der Waals surface area contributed by atoms with Gasteiger partial charge in [0.05, 0.1) is 12.2 Å². The lowest BCUT2D eigenvalue weighted by atomic mass is 10.3. The summed E-state index contributed by atoms with van der Waals surface area (Å²) < 4.78 is 2.08. The Hall–Kier alpha value is -1.84. The Bertz CT molecular complexity index is 462. The Morgan fingerprint density at radius 1 is 1.38 bits per heavy atom. The number of aryl methyl sites for hydroxylation is 1. The SMILES string of the molecule is CCNc1cccc(Cn2ccnc2C)n1. The first-order valence-corrected chi connectivity index (χ1v) is 5.47. The molecule has 2 aromatic rings. The third-order valence-electron chi connectivity index (χ3n) is 2.42. The highest BCUT2D eigenvalue weighted by atomic mass is 15.1. The van der Waals surface area contributed by atoms with Crippen LogP contribution < -0.4 is 5.32 Å². The zero-order chi connectivity index (χ0) is 11.4. The number of hydrogen-bond donors (Lipinski definition) is 1. The number of anilines is 1. The van der Waals surface area contributed by atoms with Crippen LogP contribution in [0.1, 0.15) is 18.4 Å². The van der Waals surface area contributed by atoms with E-state index < -0.39 is 0 Å². The summed E-state index contributed by atoms with van der Waals surface area (Å²) in [5.74, 6) is 1.94. The summed E-state index contributed by atoms with van der Waals surface area (Å²) in [7, 11) is 0. The van der Waals surface area contributed by atoms with Crippen molar-refractivity contribution in [3.05, 3.63) is 42.1 Å². The maximum Gasteiger partial charge on any atom is 0.126 e. The molecule has 0 aromatic carbocycles. The zero-order valence-corrected chi connectivity index (χ0v) is 9.64. The van der Waals surface area contributed by atoms with Crippen LogP contribution in [-0.2, 0) is 6.54 Å².